The molecule has 10 heteroatoms. The molecule has 0 radical (unpaired) electrons. The minimum absolute atomic E-state index is 0.0438. The Morgan fingerprint density at radius 3 is 1.16 bits per heavy atom. The van der Waals surface area contributed by atoms with Crippen molar-refractivity contribution >= 4 is 19.8 Å². The van der Waals surface area contributed by atoms with Crippen LogP contribution in [-0.4, -0.2) is 70.0 Å². The second-order valence-electron chi connectivity index (χ2n) is 19.6. The number of phosphoric acid groups is 1. The van der Waals surface area contributed by atoms with E-state index in [2.05, 4.69) is 160 Å². The molecule has 0 aliphatic rings. The maximum Gasteiger partial charge on any atom is 0.306 e. The van der Waals surface area contributed by atoms with E-state index in [1.807, 2.05) is 21.1 Å². The summed E-state index contributed by atoms with van der Waals surface area (Å²) in [7, 11) is 1.12. The number of esters is 2. The molecule has 0 aromatic carbocycles. The second kappa shape index (κ2) is 53.7. The molecule has 0 fully saturated rings. The maximum atomic E-state index is 12.7. The lowest BCUT2D eigenvalue weighted by Gasteiger charge is -2.28. The van der Waals surface area contributed by atoms with Gasteiger partial charge in [-0.15, -0.1) is 0 Å². The molecule has 0 spiro atoms. The van der Waals surface area contributed by atoms with Gasteiger partial charge in [0.2, 0.25) is 0 Å². The van der Waals surface area contributed by atoms with Crippen molar-refractivity contribution in [3.63, 3.8) is 0 Å². The number of nitrogens with zero attached hydrogens (tertiary/aromatic N) is 1. The normalized spacial score (nSPS) is 14.4. The number of rotatable bonds is 50. The highest BCUT2D eigenvalue weighted by Gasteiger charge is 2.21. The third-order valence-electron chi connectivity index (χ3n) is 11.3. The van der Waals surface area contributed by atoms with Gasteiger partial charge in [0.15, 0.2) is 6.10 Å². The highest BCUT2D eigenvalue weighted by atomic mass is 31.2. The topological polar surface area (TPSA) is 111 Å². The molecule has 74 heavy (non-hydrogen) atoms. The Morgan fingerprint density at radius 2 is 0.770 bits per heavy atom. The van der Waals surface area contributed by atoms with Crippen LogP contribution in [0.5, 0.6) is 0 Å². The standard InChI is InChI=1S/C64H104NO8P/c1-6-8-10-12-14-16-18-19-20-21-22-23-24-25-26-27-28-29-30-31-32-33-34-35-36-37-38-39-40-41-42-43-44-45-47-49-51-53-55-57-64(67)73-62(61-72-74(68,69)71-59-58-65(3,4)5)60-70-63(66)56-54-52-50-48-46-17-15-13-11-9-7-2/h8,10,13-16,19-20,22-23,25-26,28-29,31-32,34-35,37-38,40-41,43-44,62H,6-7,9,11-12,17-18,21,24,27,30,33,36,39,42,45-61H2,1-5H3/b10-8-,15-13-,16-14-,20-19-,23-22-,26-25-,29-28-,32-31-,35-34-,38-37-,41-40-,44-43-. The zero-order valence-electron chi connectivity index (χ0n) is 47.2. The first-order valence-corrected chi connectivity index (χ1v) is 30.0. The lowest BCUT2D eigenvalue weighted by molar-refractivity contribution is -0.870. The van der Waals surface area contributed by atoms with Gasteiger partial charge in [0.05, 0.1) is 27.7 Å². The third-order valence-corrected chi connectivity index (χ3v) is 12.3. The highest BCUT2D eigenvalue weighted by Crippen LogP contribution is 2.38. The summed E-state index contributed by atoms with van der Waals surface area (Å²) >= 11 is 0. The van der Waals surface area contributed by atoms with Gasteiger partial charge in [-0.2, -0.15) is 0 Å². The van der Waals surface area contributed by atoms with Crippen LogP contribution in [0.25, 0.3) is 0 Å². The minimum Gasteiger partial charge on any atom is -0.756 e. The number of ether oxygens (including phenoxy) is 2. The summed E-state index contributed by atoms with van der Waals surface area (Å²) in [5.41, 5.74) is 0. The molecule has 0 aliphatic heterocycles. The number of likely N-dealkylation sites (N-methyl/N-ethyl adjacent to an activating group) is 1. The second-order valence-corrected chi connectivity index (χ2v) is 21.0. The van der Waals surface area contributed by atoms with Crippen LogP contribution in [0, 0.1) is 0 Å². The van der Waals surface area contributed by atoms with E-state index < -0.39 is 32.5 Å². The Morgan fingerprint density at radius 1 is 0.432 bits per heavy atom. The largest absolute Gasteiger partial charge is 0.756 e. The van der Waals surface area contributed by atoms with Gasteiger partial charge in [0, 0.05) is 12.8 Å². The summed E-state index contributed by atoms with van der Waals surface area (Å²) in [6.45, 7) is 4.01. The number of carbonyl (C=O) groups excluding carboxylic acids is 2. The van der Waals surface area contributed by atoms with Gasteiger partial charge in [-0.1, -0.05) is 211 Å². The van der Waals surface area contributed by atoms with Crippen LogP contribution in [0.1, 0.15) is 194 Å². The monoisotopic (exact) mass is 1050 g/mol. The number of carbonyl (C=O) groups is 2. The van der Waals surface area contributed by atoms with Crippen LogP contribution < -0.4 is 4.89 Å². The molecular weight excluding hydrogens is 942 g/mol. The summed E-state index contributed by atoms with van der Waals surface area (Å²) in [6.07, 6.45) is 79.1. The predicted molar refractivity (Wildman–Crippen MR) is 314 cm³/mol. The van der Waals surface area contributed by atoms with Gasteiger partial charge >= 0.3 is 11.9 Å². The highest BCUT2D eigenvalue weighted by molar-refractivity contribution is 7.45. The van der Waals surface area contributed by atoms with E-state index in [0.29, 0.717) is 23.9 Å². The van der Waals surface area contributed by atoms with Crippen molar-refractivity contribution in [3.05, 3.63) is 146 Å². The zero-order valence-corrected chi connectivity index (χ0v) is 48.1. The lowest BCUT2D eigenvalue weighted by Crippen LogP contribution is -2.37. The number of hydrogen-bond acceptors (Lipinski definition) is 8. The zero-order chi connectivity index (χ0) is 54.2. The van der Waals surface area contributed by atoms with Crippen LogP contribution in [0.2, 0.25) is 0 Å². The fraction of sp³-hybridized carbons (Fsp3) is 0.594. The van der Waals surface area contributed by atoms with Gasteiger partial charge in [-0.05, 0) is 116 Å². The summed E-state index contributed by atoms with van der Waals surface area (Å²) in [5, 5.41) is 0. The maximum absolute atomic E-state index is 12.7. The van der Waals surface area contributed by atoms with Gasteiger partial charge in [-0.3, -0.25) is 14.2 Å². The Bertz CT molecular complexity index is 1760. The van der Waals surface area contributed by atoms with Crippen molar-refractivity contribution in [1.29, 1.82) is 0 Å². The summed E-state index contributed by atoms with van der Waals surface area (Å²) < 4.78 is 34.0. The van der Waals surface area contributed by atoms with Crippen molar-refractivity contribution < 1.29 is 42.1 Å². The van der Waals surface area contributed by atoms with Crippen LogP contribution in [0.3, 0.4) is 0 Å². The fourth-order valence-corrected chi connectivity index (χ4v) is 7.66. The molecule has 0 amide bonds. The lowest BCUT2D eigenvalue weighted by atomic mass is 10.1. The molecule has 0 aliphatic carbocycles. The number of hydrogen-bond donors (Lipinski definition) is 0. The number of allylic oxidation sites excluding steroid dienone is 24. The van der Waals surface area contributed by atoms with Crippen LogP contribution in [-0.2, 0) is 32.7 Å². The van der Waals surface area contributed by atoms with E-state index in [-0.39, 0.29) is 26.1 Å². The van der Waals surface area contributed by atoms with E-state index in [0.717, 1.165) is 141 Å². The Balaban J connectivity index is 4.17. The number of phosphoric ester groups is 1. The summed E-state index contributed by atoms with van der Waals surface area (Å²) in [4.78, 5) is 37.7. The third kappa shape index (κ3) is 57.2. The van der Waals surface area contributed by atoms with Crippen molar-refractivity contribution in [2.75, 3.05) is 47.5 Å². The average Bonchev–Trinajstić information content (AvgIpc) is 3.36. The molecule has 0 aromatic rings. The number of unbranched alkanes of at least 4 members (excludes halogenated alkanes) is 12. The molecule has 0 aromatic heterocycles. The van der Waals surface area contributed by atoms with Gasteiger partial charge in [-0.25, -0.2) is 0 Å². The summed E-state index contributed by atoms with van der Waals surface area (Å²) in [5.74, 6) is -0.881. The molecule has 418 valence electrons. The SMILES string of the molecule is CC/C=C\C/C=C\C/C=C\C/C=C\C/C=C\C/C=C\C/C=C\C/C=C\C/C=C\C/C=C\C/C=C\CCCCCCCC(=O)OC(COC(=O)CCCCCCC/C=C\CCCC)COP(=O)([O-])OCC[N+](C)(C)C. The van der Waals surface area contributed by atoms with Crippen molar-refractivity contribution in [3.8, 4) is 0 Å². The van der Waals surface area contributed by atoms with Crippen molar-refractivity contribution in [2.24, 2.45) is 0 Å². The van der Waals surface area contributed by atoms with Crippen molar-refractivity contribution in [1.82, 2.24) is 0 Å². The Kier molecular flexibility index (Phi) is 50.7. The molecule has 2 unspecified atom stereocenters. The molecule has 2 atom stereocenters. The summed E-state index contributed by atoms with van der Waals surface area (Å²) in [6, 6.07) is 0. The fourth-order valence-electron chi connectivity index (χ4n) is 6.93. The Labute approximate surface area is 453 Å². The molecule has 0 N–H and O–H groups in total. The van der Waals surface area contributed by atoms with E-state index in [4.69, 9.17) is 18.5 Å². The quantitative estimate of drug-likeness (QED) is 0.0195. The van der Waals surface area contributed by atoms with E-state index >= 15 is 0 Å². The molecular formula is C64H104NO8P. The van der Waals surface area contributed by atoms with E-state index in [1.165, 1.54) is 12.8 Å². The number of quaternary nitrogens is 1. The first kappa shape index (κ1) is 69.9. The minimum atomic E-state index is -4.65. The van der Waals surface area contributed by atoms with Gasteiger partial charge in [0.25, 0.3) is 7.82 Å². The van der Waals surface area contributed by atoms with E-state index in [9.17, 15) is 19.0 Å². The van der Waals surface area contributed by atoms with E-state index in [1.54, 1.807) is 0 Å². The van der Waals surface area contributed by atoms with Crippen LogP contribution in [0.4, 0.5) is 0 Å². The molecule has 0 rings (SSSR count). The van der Waals surface area contributed by atoms with Crippen LogP contribution >= 0.6 is 7.82 Å². The van der Waals surface area contributed by atoms with Crippen LogP contribution in [0.15, 0.2) is 146 Å². The predicted octanol–water partition coefficient (Wildman–Crippen LogP) is 17.3. The first-order chi connectivity index (χ1) is 36.0. The molecule has 9 nitrogen and oxygen atoms in total. The van der Waals surface area contributed by atoms with Gasteiger partial charge < -0.3 is 27.9 Å². The molecule has 0 heterocycles. The molecule has 0 saturated carbocycles. The molecule has 0 saturated heterocycles. The smallest absolute Gasteiger partial charge is 0.306 e. The van der Waals surface area contributed by atoms with Gasteiger partial charge in [0.1, 0.15) is 19.8 Å². The Hall–Kier alpha value is -4.11. The van der Waals surface area contributed by atoms with Crippen molar-refractivity contribution in [2.45, 2.75) is 200 Å². The molecule has 0 bridgehead atoms. The first-order valence-electron chi connectivity index (χ1n) is 28.5. The average molecular weight is 1050 g/mol.